The van der Waals surface area contributed by atoms with Crippen molar-refractivity contribution in [3.05, 3.63) is 53.0 Å². The van der Waals surface area contributed by atoms with Crippen LogP contribution in [0.5, 0.6) is 5.75 Å². The highest BCUT2D eigenvalue weighted by molar-refractivity contribution is 7.15. The van der Waals surface area contributed by atoms with Crippen LogP contribution in [0.15, 0.2) is 43.1 Å². The molecule has 1 N–H and O–H groups in total. The van der Waals surface area contributed by atoms with Gasteiger partial charge in [-0.25, -0.2) is 4.98 Å². The number of thiazole rings is 1. The summed E-state index contributed by atoms with van der Waals surface area (Å²) in [5, 5.41) is 3.85. The number of halogens is 1. The van der Waals surface area contributed by atoms with Crippen LogP contribution in [0, 0.1) is 0 Å². The van der Waals surface area contributed by atoms with Crippen molar-refractivity contribution in [2.24, 2.45) is 0 Å². The topological polar surface area (TPSA) is 74.8 Å². The summed E-state index contributed by atoms with van der Waals surface area (Å²) in [6.45, 7) is 8.96. The average molecular weight is 435 g/mol. The van der Waals surface area contributed by atoms with Crippen molar-refractivity contribution < 1.29 is 14.3 Å². The largest absolute Gasteiger partial charge is 0.426 e. The minimum Gasteiger partial charge on any atom is -0.426 e. The van der Waals surface area contributed by atoms with Gasteiger partial charge in [0, 0.05) is 48.3 Å². The molecule has 2 heterocycles. The Hall–Kier alpha value is -2.26. The molecule has 1 saturated heterocycles. The van der Waals surface area contributed by atoms with Crippen molar-refractivity contribution in [1.29, 1.82) is 0 Å². The monoisotopic (exact) mass is 434 g/mol. The van der Waals surface area contributed by atoms with Crippen molar-refractivity contribution in [3.63, 3.8) is 0 Å². The first kappa shape index (κ1) is 21.4. The Balaban J connectivity index is 1.46. The maximum absolute atomic E-state index is 12.2. The van der Waals surface area contributed by atoms with Gasteiger partial charge in [-0.2, -0.15) is 0 Å². The van der Waals surface area contributed by atoms with Crippen LogP contribution < -0.4 is 10.1 Å². The lowest BCUT2D eigenvalue weighted by molar-refractivity contribution is -0.136. The minimum absolute atomic E-state index is 0.249. The first-order chi connectivity index (χ1) is 13.9. The second kappa shape index (κ2) is 9.98. The minimum atomic E-state index is -0.280. The van der Waals surface area contributed by atoms with Crippen molar-refractivity contribution in [2.75, 3.05) is 31.5 Å². The molecule has 0 spiro atoms. The Morgan fingerprint density at radius 1 is 1.38 bits per heavy atom. The zero-order chi connectivity index (χ0) is 20.8. The number of amides is 1. The third-order valence-electron chi connectivity index (χ3n) is 4.58. The Morgan fingerprint density at radius 3 is 2.83 bits per heavy atom. The number of nitrogens with one attached hydrogen (secondary N) is 1. The maximum Gasteiger partial charge on any atom is 0.325 e. The van der Waals surface area contributed by atoms with E-state index in [4.69, 9.17) is 16.3 Å². The quantitative estimate of drug-likeness (QED) is 0.410. The third kappa shape index (κ3) is 6.37. The first-order valence-electron chi connectivity index (χ1n) is 9.23. The predicted molar refractivity (Wildman–Crippen MR) is 114 cm³/mol. The molecule has 1 unspecified atom stereocenters. The van der Waals surface area contributed by atoms with E-state index in [0.717, 1.165) is 31.1 Å². The number of aromatic nitrogens is 1. The third-order valence-corrected chi connectivity index (χ3v) is 5.72. The van der Waals surface area contributed by atoms with Crippen LogP contribution in [-0.2, 0) is 16.1 Å². The number of anilines is 1. The molecule has 0 saturated carbocycles. The summed E-state index contributed by atoms with van der Waals surface area (Å²) < 4.78 is 5.37. The number of esters is 1. The van der Waals surface area contributed by atoms with Gasteiger partial charge in [0.25, 0.3) is 0 Å². The average Bonchev–Trinajstić information content (AvgIpc) is 3.12. The number of nitrogens with zero attached hydrogens (tertiary/aromatic N) is 3. The van der Waals surface area contributed by atoms with Gasteiger partial charge in [-0.15, -0.1) is 11.3 Å². The zero-order valence-corrected chi connectivity index (χ0v) is 17.7. The van der Waals surface area contributed by atoms with Gasteiger partial charge in [-0.3, -0.25) is 24.7 Å². The molecule has 1 amide bonds. The molecule has 3 rings (SSSR count). The Bertz CT molecular complexity index is 871. The van der Waals surface area contributed by atoms with Crippen LogP contribution in [0.3, 0.4) is 0 Å². The summed E-state index contributed by atoms with van der Waals surface area (Å²) in [5.41, 5.74) is 0. The van der Waals surface area contributed by atoms with Crippen LogP contribution >= 0.6 is 22.9 Å². The summed E-state index contributed by atoms with van der Waals surface area (Å²) in [6, 6.07) is 7.03. The molecular weight excluding hydrogens is 412 g/mol. The lowest BCUT2D eigenvalue weighted by Gasteiger charge is -2.39. The Morgan fingerprint density at radius 2 is 2.14 bits per heavy atom. The van der Waals surface area contributed by atoms with E-state index in [1.54, 1.807) is 30.5 Å². The lowest BCUT2D eigenvalue weighted by Crippen LogP contribution is -2.52. The van der Waals surface area contributed by atoms with E-state index in [1.165, 1.54) is 17.4 Å². The van der Waals surface area contributed by atoms with E-state index in [-0.39, 0.29) is 24.5 Å². The summed E-state index contributed by atoms with van der Waals surface area (Å²) in [6.07, 6.45) is 3.01. The summed E-state index contributed by atoms with van der Waals surface area (Å²) in [4.78, 5) is 33.3. The molecule has 0 aliphatic carbocycles. The van der Waals surface area contributed by atoms with Gasteiger partial charge in [-0.1, -0.05) is 18.2 Å². The van der Waals surface area contributed by atoms with Gasteiger partial charge in [0.05, 0.1) is 6.54 Å². The van der Waals surface area contributed by atoms with Crippen molar-refractivity contribution >= 4 is 39.9 Å². The number of rotatable bonds is 7. The predicted octanol–water partition coefficient (Wildman–Crippen LogP) is 3.03. The van der Waals surface area contributed by atoms with Gasteiger partial charge in [0.2, 0.25) is 5.91 Å². The molecule has 1 aromatic carbocycles. The molecule has 1 atom stereocenters. The smallest absolute Gasteiger partial charge is 0.325 e. The first-order valence-corrected chi connectivity index (χ1v) is 10.4. The molecule has 1 fully saturated rings. The van der Waals surface area contributed by atoms with E-state index < -0.39 is 0 Å². The normalized spacial score (nSPS) is 17.7. The molecule has 1 aliphatic rings. The van der Waals surface area contributed by atoms with Crippen LogP contribution in [0.2, 0.25) is 5.02 Å². The fourth-order valence-corrected chi connectivity index (χ4v) is 4.06. The highest BCUT2D eigenvalue weighted by Crippen LogP contribution is 2.22. The lowest BCUT2D eigenvalue weighted by atomic mass is 10.2. The fraction of sp³-hybridized carbons (Fsp3) is 0.350. The van der Waals surface area contributed by atoms with Crippen molar-refractivity contribution in [3.8, 4) is 5.75 Å². The van der Waals surface area contributed by atoms with Crippen molar-refractivity contribution in [2.45, 2.75) is 19.5 Å². The van der Waals surface area contributed by atoms with Crippen molar-refractivity contribution in [1.82, 2.24) is 14.8 Å². The molecule has 154 valence electrons. The van der Waals surface area contributed by atoms with Gasteiger partial charge in [-0.05, 0) is 37.3 Å². The number of hydrogen-bond acceptors (Lipinski definition) is 7. The number of piperazine rings is 1. The Kier molecular flexibility index (Phi) is 7.38. The second-order valence-corrected chi connectivity index (χ2v) is 8.36. The summed E-state index contributed by atoms with van der Waals surface area (Å²) in [7, 11) is 0. The molecule has 2 aromatic rings. The van der Waals surface area contributed by atoms with Gasteiger partial charge < -0.3 is 4.74 Å². The van der Waals surface area contributed by atoms with Gasteiger partial charge in [0.15, 0.2) is 5.13 Å². The second-order valence-electron chi connectivity index (χ2n) is 6.81. The van der Waals surface area contributed by atoms with Gasteiger partial charge >= 0.3 is 5.97 Å². The molecule has 1 aromatic heterocycles. The van der Waals surface area contributed by atoms with Crippen LogP contribution in [-0.4, -0.2) is 58.9 Å². The highest BCUT2D eigenvalue weighted by atomic mass is 35.5. The molecule has 9 heteroatoms. The summed E-state index contributed by atoms with van der Waals surface area (Å²) in [5.74, 6) is -0.0490. The molecule has 29 heavy (non-hydrogen) atoms. The zero-order valence-electron chi connectivity index (χ0n) is 16.1. The highest BCUT2D eigenvalue weighted by Gasteiger charge is 2.26. The molecule has 1 aliphatic heterocycles. The summed E-state index contributed by atoms with van der Waals surface area (Å²) >= 11 is 7.30. The van der Waals surface area contributed by atoms with Crippen LogP contribution in [0.25, 0.3) is 0 Å². The number of hydrogen-bond donors (Lipinski definition) is 1. The molecule has 7 nitrogen and oxygen atoms in total. The van der Waals surface area contributed by atoms with E-state index in [2.05, 4.69) is 33.6 Å². The number of carbonyl (C=O) groups is 2. The standard InChI is InChI=1S/C20H23ClN4O3S/c1-3-18(26)23-20-22-10-17(29-20)12-25-9-8-24(11-14(25)2)13-19(27)28-16-6-4-15(21)5-7-16/h3-7,10,14H,1,8-9,11-13H2,2H3,(H,22,23,26). The van der Waals surface area contributed by atoms with E-state index in [1.807, 2.05) is 0 Å². The Labute approximate surface area is 178 Å². The maximum atomic E-state index is 12.2. The fourth-order valence-electron chi connectivity index (χ4n) is 3.09. The number of benzene rings is 1. The van der Waals surface area contributed by atoms with Crippen LogP contribution in [0.4, 0.5) is 5.13 Å². The number of ether oxygens (including phenoxy) is 1. The van der Waals surface area contributed by atoms with E-state index in [0.29, 0.717) is 15.9 Å². The van der Waals surface area contributed by atoms with Crippen LogP contribution in [0.1, 0.15) is 11.8 Å². The molecule has 0 radical (unpaired) electrons. The van der Waals surface area contributed by atoms with E-state index >= 15 is 0 Å². The van der Waals surface area contributed by atoms with E-state index in [9.17, 15) is 9.59 Å². The number of carbonyl (C=O) groups excluding carboxylic acids is 2. The molecule has 0 bridgehead atoms. The molecular formula is C20H23ClN4O3S. The SMILES string of the molecule is C=CC(=O)Nc1ncc(CN2CCN(CC(=O)Oc3ccc(Cl)cc3)CC2C)s1. The van der Waals surface area contributed by atoms with Gasteiger partial charge in [0.1, 0.15) is 5.75 Å².